The number of benzene rings is 2. The predicted molar refractivity (Wildman–Crippen MR) is 126 cm³/mol. The number of rotatable bonds is 4. The molecule has 2 fully saturated rings. The number of hydrogen-bond acceptors (Lipinski definition) is 4. The molecule has 0 spiro atoms. The third-order valence-electron chi connectivity index (χ3n) is 7.43. The van der Waals surface area contributed by atoms with Gasteiger partial charge in [-0.1, -0.05) is 36.4 Å². The third-order valence-corrected chi connectivity index (χ3v) is 7.43. The lowest BCUT2D eigenvalue weighted by molar-refractivity contribution is -0.262. The van der Waals surface area contributed by atoms with E-state index in [2.05, 4.69) is 0 Å². The van der Waals surface area contributed by atoms with Crippen molar-refractivity contribution in [3.63, 3.8) is 0 Å². The zero-order chi connectivity index (χ0) is 24.3. The Morgan fingerprint density at radius 2 is 1.68 bits per heavy atom. The van der Waals surface area contributed by atoms with Gasteiger partial charge in [0.1, 0.15) is 11.4 Å². The van der Waals surface area contributed by atoms with Crippen molar-refractivity contribution >= 4 is 6.09 Å². The molecule has 1 amide bonds. The number of carbonyl (C=O) groups excluding carboxylic acids is 1. The molecule has 3 aromatic rings. The van der Waals surface area contributed by atoms with E-state index in [0.717, 1.165) is 16.7 Å². The van der Waals surface area contributed by atoms with Gasteiger partial charge in [-0.3, -0.25) is 4.79 Å². The van der Waals surface area contributed by atoms with Gasteiger partial charge < -0.3 is 19.3 Å². The second-order valence-electron chi connectivity index (χ2n) is 9.67. The first-order valence-corrected chi connectivity index (χ1v) is 11.4. The smallest absolute Gasteiger partial charge is 0.411 e. The van der Waals surface area contributed by atoms with E-state index in [1.54, 1.807) is 43.3 Å². The normalized spacial score (nSPS) is 26.9. The molecule has 2 aromatic carbocycles. The molecule has 176 valence electrons. The number of halogens is 1. The zero-order valence-electron chi connectivity index (χ0n) is 19.4. The Morgan fingerprint density at radius 1 is 1.03 bits per heavy atom. The largest absolute Gasteiger partial charge is 0.437 e. The highest BCUT2D eigenvalue weighted by Gasteiger charge is 2.67. The second-order valence-corrected chi connectivity index (χ2v) is 9.67. The summed E-state index contributed by atoms with van der Waals surface area (Å²) >= 11 is 0. The molecule has 1 saturated heterocycles. The van der Waals surface area contributed by atoms with Crippen molar-refractivity contribution in [2.24, 2.45) is 13.0 Å². The van der Waals surface area contributed by atoms with Crippen molar-refractivity contribution in [3.8, 4) is 11.1 Å². The fraction of sp³-hybridized carbons (Fsp3) is 0.333. The Morgan fingerprint density at radius 3 is 2.29 bits per heavy atom. The Balaban J connectivity index is 1.39. The molecule has 1 saturated carbocycles. The molecule has 34 heavy (non-hydrogen) atoms. The molecule has 0 bridgehead atoms. The molecule has 4 atom stereocenters. The molecule has 6 nitrogen and oxygen atoms in total. The van der Waals surface area contributed by atoms with Crippen LogP contribution in [-0.4, -0.2) is 32.8 Å². The van der Waals surface area contributed by atoms with E-state index in [1.165, 1.54) is 22.8 Å². The van der Waals surface area contributed by atoms with Crippen LogP contribution in [0.4, 0.5) is 9.18 Å². The van der Waals surface area contributed by atoms with E-state index in [9.17, 15) is 19.1 Å². The predicted octanol–water partition coefficient (Wildman–Crippen LogP) is 4.37. The van der Waals surface area contributed by atoms with Crippen molar-refractivity contribution in [2.75, 3.05) is 6.54 Å². The first kappa shape index (κ1) is 22.3. The van der Waals surface area contributed by atoms with Crippen LogP contribution in [0.5, 0.6) is 0 Å². The lowest BCUT2D eigenvalue weighted by Crippen LogP contribution is -2.71. The SMILES string of the molecule is CC(c1ccc(-c2ccc(=O)n(C)c2)cc1)N1CC2C(C)(O)CC2(c2ccc(F)cc2)OC1=O. The van der Waals surface area contributed by atoms with Crippen LogP contribution in [0.25, 0.3) is 11.1 Å². The summed E-state index contributed by atoms with van der Waals surface area (Å²) in [7, 11) is 1.71. The quantitative estimate of drug-likeness (QED) is 0.625. The highest BCUT2D eigenvalue weighted by atomic mass is 19.1. The van der Waals surface area contributed by atoms with E-state index >= 15 is 0 Å². The molecule has 1 N–H and O–H groups in total. The van der Waals surface area contributed by atoms with Gasteiger partial charge in [-0.2, -0.15) is 0 Å². The van der Waals surface area contributed by atoms with E-state index in [1.807, 2.05) is 31.2 Å². The molecule has 5 rings (SSSR count). The average Bonchev–Trinajstić information content (AvgIpc) is 2.80. The van der Waals surface area contributed by atoms with Crippen LogP contribution in [-0.2, 0) is 17.4 Å². The second kappa shape index (κ2) is 7.81. The van der Waals surface area contributed by atoms with Crippen LogP contribution in [0.15, 0.2) is 71.7 Å². The minimum Gasteiger partial charge on any atom is -0.437 e. The molecule has 4 unspecified atom stereocenters. The highest BCUT2D eigenvalue weighted by Crippen LogP contribution is 2.58. The number of pyridine rings is 1. The molecular formula is C27H27FN2O4. The Hall–Kier alpha value is -3.45. The maximum absolute atomic E-state index is 13.5. The summed E-state index contributed by atoms with van der Waals surface area (Å²) in [6.07, 6.45) is 1.61. The first-order chi connectivity index (χ1) is 16.1. The highest BCUT2D eigenvalue weighted by molar-refractivity contribution is 5.71. The monoisotopic (exact) mass is 462 g/mol. The van der Waals surface area contributed by atoms with Crippen LogP contribution in [0.3, 0.4) is 0 Å². The summed E-state index contributed by atoms with van der Waals surface area (Å²) in [5, 5.41) is 10.9. The molecule has 0 radical (unpaired) electrons. The van der Waals surface area contributed by atoms with E-state index in [-0.39, 0.29) is 29.8 Å². The molecule has 2 aliphatic rings. The van der Waals surface area contributed by atoms with E-state index < -0.39 is 17.3 Å². The number of nitrogens with zero attached hydrogens (tertiary/aromatic N) is 2. The molecule has 1 aliphatic carbocycles. The summed E-state index contributed by atoms with van der Waals surface area (Å²) < 4.78 is 21.0. The van der Waals surface area contributed by atoms with Crippen LogP contribution in [0.1, 0.15) is 37.4 Å². The summed E-state index contributed by atoms with van der Waals surface area (Å²) in [5.41, 5.74) is 1.50. The number of fused-ring (bicyclic) bond motifs is 1. The van der Waals surface area contributed by atoms with Crippen LogP contribution >= 0.6 is 0 Å². The number of aliphatic hydroxyl groups is 1. The van der Waals surface area contributed by atoms with Crippen molar-refractivity contribution in [3.05, 3.63) is 94.2 Å². The van der Waals surface area contributed by atoms with Gasteiger partial charge in [-0.05, 0) is 54.3 Å². The fourth-order valence-corrected chi connectivity index (χ4v) is 5.40. The Labute approximate surface area is 197 Å². The summed E-state index contributed by atoms with van der Waals surface area (Å²) in [5.74, 6) is -0.697. The van der Waals surface area contributed by atoms with Gasteiger partial charge in [-0.15, -0.1) is 0 Å². The van der Waals surface area contributed by atoms with Crippen molar-refractivity contribution in [1.82, 2.24) is 9.47 Å². The lowest BCUT2D eigenvalue weighted by Gasteiger charge is -2.62. The first-order valence-electron chi connectivity index (χ1n) is 11.4. The van der Waals surface area contributed by atoms with Gasteiger partial charge >= 0.3 is 6.09 Å². The summed E-state index contributed by atoms with van der Waals surface area (Å²) in [4.78, 5) is 26.4. The van der Waals surface area contributed by atoms with Gasteiger partial charge in [0.2, 0.25) is 5.56 Å². The number of aryl methyl sites for hydroxylation is 1. The standard InChI is InChI=1S/C27H27FN2O4/c1-17(18-4-6-19(7-5-18)20-8-13-24(31)29(3)14-20)30-15-23-26(2,33)16-27(23,34-25(30)32)21-9-11-22(28)12-10-21/h4-14,17,23,33H,15-16H2,1-3H3. The number of hydrogen-bond donors (Lipinski definition) is 1. The molecular weight excluding hydrogens is 435 g/mol. The maximum atomic E-state index is 13.5. The fourth-order valence-electron chi connectivity index (χ4n) is 5.40. The van der Waals surface area contributed by atoms with Gasteiger partial charge in [0.15, 0.2) is 0 Å². The van der Waals surface area contributed by atoms with Crippen LogP contribution in [0.2, 0.25) is 0 Å². The number of amides is 1. The molecule has 2 heterocycles. The van der Waals surface area contributed by atoms with Crippen molar-refractivity contribution in [1.29, 1.82) is 0 Å². The minimum absolute atomic E-state index is 0.0683. The summed E-state index contributed by atoms with van der Waals surface area (Å²) in [6, 6.07) is 16.8. The number of ether oxygens (including phenoxy) is 1. The number of carbonyl (C=O) groups is 1. The van der Waals surface area contributed by atoms with Gasteiger partial charge in [-0.25, -0.2) is 9.18 Å². The lowest BCUT2D eigenvalue weighted by atomic mass is 9.55. The van der Waals surface area contributed by atoms with Crippen molar-refractivity contribution in [2.45, 2.75) is 37.5 Å². The van der Waals surface area contributed by atoms with Crippen LogP contribution < -0.4 is 5.56 Å². The Bertz CT molecular complexity index is 1300. The van der Waals surface area contributed by atoms with Crippen LogP contribution in [0, 0.1) is 11.7 Å². The average molecular weight is 463 g/mol. The topological polar surface area (TPSA) is 71.8 Å². The third kappa shape index (κ3) is 3.51. The molecule has 1 aromatic heterocycles. The minimum atomic E-state index is -1.000. The Kier molecular flexibility index (Phi) is 5.13. The molecule has 1 aliphatic heterocycles. The van der Waals surface area contributed by atoms with Gasteiger partial charge in [0.25, 0.3) is 0 Å². The van der Waals surface area contributed by atoms with Gasteiger partial charge in [0, 0.05) is 38.2 Å². The zero-order valence-corrected chi connectivity index (χ0v) is 19.4. The van der Waals surface area contributed by atoms with E-state index in [4.69, 9.17) is 4.74 Å². The molecule has 7 heteroatoms. The maximum Gasteiger partial charge on any atom is 0.411 e. The van der Waals surface area contributed by atoms with Gasteiger partial charge in [0.05, 0.1) is 11.6 Å². The number of aromatic nitrogens is 1. The van der Waals surface area contributed by atoms with E-state index in [0.29, 0.717) is 12.1 Å². The summed E-state index contributed by atoms with van der Waals surface area (Å²) in [6.45, 7) is 4.01. The van der Waals surface area contributed by atoms with Crippen molar-refractivity contribution < 1.29 is 19.0 Å².